The van der Waals surface area contributed by atoms with E-state index < -0.39 is 0 Å². The first kappa shape index (κ1) is 11.5. The van der Waals surface area contributed by atoms with E-state index >= 15 is 0 Å². The first-order valence-corrected chi connectivity index (χ1v) is 6.35. The molecule has 5 heteroatoms. The molecular weight excluding hydrogens is 228 g/mol. The summed E-state index contributed by atoms with van der Waals surface area (Å²) in [6.45, 7) is 5.82. The van der Waals surface area contributed by atoms with Crippen molar-refractivity contribution in [2.45, 2.75) is 32.7 Å². The first-order valence-electron chi connectivity index (χ1n) is 6.35. The highest BCUT2D eigenvalue weighted by Crippen LogP contribution is 2.32. The minimum Gasteiger partial charge on any atom is -0.383 e. The van der Waals surface area contributed by atoms with E-state index in [1.54, 1.807) is 0 Å². The Hall–Kier alpha value is -1.62. The zero-order chi connectivity index (χ0) is 12.7. The Labute approximate surface area is 106 Å². The van der Waals surface area contributed by atoms with E-state index in [-0.39, 0.29) is 0 Å². The highest BCUT2D eigenvalue weighted by molar-refractivity contribution is 5.90. The van der Waals surface area contributed by atoms with Crippen molar-refractivity contribution in [1.29, 1.82) is 0 Å². The maximum atomic E-state index is 5.97. The number of ether oxygens (including phenoxy) is 1. The number of aromatic nitrogens is 3. The molecule has 2 N–H and O–H groups in total. The van der Waals surface area contributed by atoms with Gasteiger partial charge in [0.1, 0.15) is 17.8 Å². The number of anilines is 1. The lowest BCUT2D eigenvalue weighted by Crippen LogP contribution is -2.22. The molecule has 1 atom stereocenters. The Morgan fingerprint density at radius 2 is 2.22 bits per heavy atom. The summed E-state index contributed by atoms with van der Waals surface area (Å²) in [6, 6.07) is 0.365. The van der Waals surface area contributed by atoms with Crippen molar-refractivity contribution < 1.29 is 4.74 Å². The SMILES string of the molecule is Cc1c(C)n(C2CCCOC2)c2ncnc(N)c12. The number of nitrogens with two attached hydrogens (primary N) is 1. The molecule has 1 fully saturated rings. The number of hydrogen-bond donors (Lipinski definition) is 1. The third kappa shape index (κ3) is 1.58. The van der Waals surface area contributed by atoms with E-state index in [0.29, 0.717) is 11.9 Å². The van der Waals surface area contributed by atoms with Gasteiger partial charge in [-0.3, -0.25) is 0 Å². The summed E-state index contributed by atoms with van der Waals surface area (Å²) < 4.78 is 7.85. The maximum absolute atomic E-state index is 5.97. The van der Waals surface area contributed by atoms with Gasteiger partial charge in [-0.1, -0.05) is 0 Å². The minimum atomic E-state index is 0.365. The van der Waals surface area contributed by atoms with Crippen molar-refractivity contribution in [2.24, 2.45) is 0 Å². The summed E-state index contributed by atoms with van der Waals surface area (Å²) in [5.41, 5.74) is 9.30. The Bertz CT molecular complexity index is 584. The summed E-state index contributed by atoms with van der Waals surface area (Å²) >= 11 is 0. The van der Waals surface area contributed by atoms with Crippen LogP contribution in [0.15, 0.2) is 6.33 Å². The summed E-state index contributed by atoms with van der Waals surface area (Å²) in [5.74, 6) is 0.566. The van der Waals surface area contributed by atoms with E-state index in [4.69, 9.17) is 10.5 Å². The zero-order valence-electron chi connectivity index (χ0n) is 10.8. The van der Waals surface area contributed by atoms with Crippen molar-refractivity contribution in [3.8, 4) is 0 Å². The van der Waals surface area contributed by atoms with Crippen molar-refractivity contribution in [3.63, 3.8) is 0 Å². The van der Waals surface area contributed by atoms with Gasteiger partial charge in [0, 0.05) is 12.3 Å². The molecule has 1 aliphatic rings. The molecule has 96 valence electrons. The molecule has 0 aromatic carbocycles. The number of nitrogens with zero attached hydrogens (tertiary/aromatic N) is 3. The van der Waals surface area contributed by atoms with Gasteiger partial charge in [0.15, 0.2) is 0 Å². The van der Waals surface area contributed by atoms with Gasteiger partial charge in [0.05, 0.1) is 18.0 Å². The van der Waals surface area contributed by atoms with Gasteiger partial charge < -0.3 is 15.0 Å². The molecule has 0 bridgehead atoms. The van der Waals surface area contributed by atoms with E-state index in [0.717, 1.165) is 37.1 Å². The Morgan fingerprint density at radius 1 is 1.39 bits per heavy atom. The van der Waals surface area contributed by atoms with Crippen LogP contribution in [0.1, 0.15) is 30.1 Å². The molecule has 0 amide bonds. The fourth-order valence-electron chi connectivity index (χ4n) is 2.83. The summed E-state index contributed by atoms with van der Waals surface area (Å²) in [5, 5.41) is 0.987. The van der Waals surface area contributed by atoms with Crippen molar-refractivity contribution in [2.75, 3.05) is 18.9 Å². The van der Waals surface area contributed by atoms with Crippen LogP contribution < -0.4 is 5.73 Å². The Morgan fingerprint density at radius 3 is 2.94 bits per heavy atom. The van der Waals surface area contributed by atoms with Crippen molar-refractivity contribution in [1.82, 2.24) is 14.5 Å². The highest BCUT2D eigenvalue weighted by atomic mass is 16.5. The molecule has 3 rings (SSSR count). The molecule has 2 aromatic heterocycles. The van der Waals surface area contributed by atoms with Gasteiger partial charge in [-0.05, 0) is 32.3 Å². The van der Waals surface area contributed by atoms with Crippen molar-refractivity contribution in [3.05, 3.63) is 17.6 Å². The topological polar surface area (TPSA) is 66.0 Å². The molecule has 1 aliphatic heterocycles. The normalized spacial score (nSPS) is 20.4. The van der Waals surface area contributed by atoms with Crippen LogP contribution in [0, 0.1) is 13.8 Å². The fourth-order valence-corrected chi connectivity index (χ4v) is 2.83. The lowest BCUT2D eigenvalue weighted by atomic mass is 10.1. The van der Waals surface area contributed by atoms with Crippen LogP contribution >= 0.6 is 0 Å². The maximum Gasteiger partial charge on any atom is 0.146 e. The molecular formula is C13H18N4O. The van der Waals surface area contributed by atoms with Gasteiger partial charge in [0.25, 0.3) is 0 Å². The molecule has 2 aromatic rings. The molecule has 0 radical (unpaired) electrons. The molecule has 0 saturated carbocycles. The smallest absolute Gasteiger partial charge is 0.146 e. The van der Waals surface area contributed by atoms with E-state index in [2.05, 4.69) is 28.4 Å². The Kier molecular flexibility index (Phi) is 2.70. The van der Waals surface area contributed by atoms with Gasteiger partial charge in [-0.2, -0.15) is 0 Å². The first-order chi connectivity index (χ1) is 8.70. The van der Waals surface area contributed by atoms with Gasteiger partial charge in [-0.25, -0.2) is 9.97 Å². The lowest BCUT2D eigenvalue weighted by Gasteiger charge is -2.25. The monoisotopic (exact) mass is 246 g/mol. The van der Waals surface area contributed by atoms with Crippen LogP contribution in [0.2, 0.25) is 0 Å². The summed E-state index contributed by atoms with van der Waals surface area (Å²) in [7, 11) is 0. The molecule has 5 nitrogen and oxygen atoms in total. The van der Waals surface area contributed by atoms with Crippen LogP contribution in [-0.2, 0) is 4.74 Å². The van der Waals surface area contributed by atoms with E-state index in [9.17, 15) is 0 Å². The average Bonchev–Trinajstić information content (AvgIpc) is 2.64. The standard InChI is InChI=1S/C13H18N4O/c1-8-9(2)17(10-4-3-5-18-6-10)13-11(8)12(14)15-7-16-13/h7,10H,3-6H2,1-2H3,(H2,14,15,16). The van der Waals surface area contributed by atoms with Crippen LogP contribution in [0.4, 0.5) is 5.82 Å². The zero-order valence-corrected chi connectivity index (χ0v) is 10.8. The molecule has 1 unspecified atom stereocenters. The fraction of sp³-hybridized carbons (Fsp3) is 0.538. The van der Waals surface area contributed by atoms with Crippen LogP contribution in [-0.4, -0.2) is 27.7 Å². The Balaban J connectivity index is 2.22. The highest BCUT2D eigenvalue weighted by Gasteiger charge is 2.23. The van der Waals surface area contributed by atoms with Crippen LogP contribution in [0.3, 0.4) is 0 Å². The number of nitrogen functional groups attached to an aromatic ring is 1. The second-order valence-corrected chi connectivity index (χ2v) is 4.91. The number of rotatable bonds is 1. The lowest BCUT2D eigenvalue weighted by molar-refractivity contribution is 0.0598. The molecule has 0 aliphatic carbocycles. The predicted octanol–water partition coefficient (Wildman–Crippen LogP) is 1.98. The second kappa shape index (κ2) is 4.24. The second-order valence-electron chi connectivity index (χ2n) is 4.91. The van der Waals surface area contributed by atoms with E-state index in [1.807, 2.05) is 0 Å². The van der Waals surface area contributed by atoms with Crippen molar-refractivity contribution >= 4 is 16.9 Å². The molecule has 0 spiro atoms. The molecule has 1 saturated heterocycles. The molecule has 18 heavy (non-hydrogen) atoms. The molecule has 3 heterocycles. The summed E-state index contributed by atoms with van der Waals surface area (Å²) in [6.07, 6.45) is 3.77. The van der Waals surface area contributed by atoms with Gasteiger partial charge in [-0.15, -0.1) is 0 Å². The van der Waals surface area contributed by atoms with E-state index in [1.165, 1.54) is 17.6 Å². The van der Waals surface area contributed by atoms with Crippen LogP contribution in [0.5, 0.6) is 0 Å². The van der Waals surface area contributed by atoms with Gasteiger partial charge >= 0.3 is 0 Å². The summed E-state index contributed by atoms with van der Waals surface area (Å²) in [4.78, 5) is 8.50. The average molecular weight is 246 g/mol. The van der Waals surface area contributed by atoms with Gasteiger partial charge in [0.2, 0.25) is 0 Å². The third-order valence-electron chi connectivity index (χ3n) is 3.87. The largest absolute Gasteiger partial charge is 0.383 e. The number of aryl methyl sites for hydroxylation is 1. The number of hydrogen-bond acceptors (Lipinski definition) is 4. The van der Waals surface area contributed by atoms with Crippen LogP contribution in [0.25, 0.3) is 11.0 Å². The third-order valence-corrected chi connectivity index (χ3v) is 3.87. The predicted molar refractivity (Wildman–Crippen MR) is 70.5 cm³/mol. The minimum absolute atomic E-state index is 0.365. The number of fused-ring (bicyclic) bond motifs is 1. The quantitative estimate of drug-likeness (QED) is 0.835.